The van der Waals surface area contributed by atoms with Crippen LogP contribution in [0.15, 0.2) is 0 Å². The molecule has 3 heteroatoms. The number of nitrogens with zero attached hydrogens (tertiary/aromatic N) is 1. The van der Waals surface area contributed by atoms with E-state index in [-0.39, 0.29) is 0 Å². The summed E-state index contributed by atoms with van der Waals surface area (Å²) in [5.74, 6) is 1.47. The van der Waals surface area contributed by atoms with Gasteiger partial charge in [0.2, 0.25) is 0 Å². The summed E-state index contributed by atoms with van der Waals surface area (Å²) >= 11 is 1.87. The molecular formula is C15H28N2S. The Morgan fingerprint density at radius 3 is 2.44 bits per heavy atom. The van der Waals surface area contributed by atoms with E-state index in [0.717, 1.165) is 31.3 Å². The minimum Gasteiger partial charge on any atom is -0.316 e. The monoisotopic (exact) mass is 268 g/mol. The van der Waals surface area contributed by atoms with E-state index in [4.69, 9.17) is 0 Å². The molecule has 1 aromatic heterocycles. The molecule has 0 bridgehead atoms. The first kappa shape index (κ1) is 15.6. The fourth-order valence-corrected chi connectivity index (χ4v) is 3.18. The predicted octanol–water partition coefficient (Wildman–Crippen LogP) is 3.96. The molecule has 0 spiro atoms. The van der Waals surface area contributed by atoms with Crippen molar-refractivity contribution in [2.45, 2.75) is 53.9 Å². The molecule has 1 heterocycles. The largest absolute Gasteiger partial charge is 0.316 e. The lowest BCUT2D eigenvalue weighted by atomic mass is 10.00. The third kappa shape index (κ3) is 5.49. The Morgan fingerprint density at radius 2 is 1.94 bits per heavy atom. The molecule has 0 aromatic carbocycles. The smallest absolute Gasteiger partial charge is 0.0934 e. The van der Waals surface area contributed by atoms with Crippen LogP contribution in [0.25, 0.3) is 0 Å². The number of hydrogen-bond acceptors (Lipinski definition) is 3. The summed E-state index contributed by atoms with van der Waals surface area (Å²) in [4.78, 5) is 6.04. The van der Waals surface area contributed by atoms with E-state index >= 15 is 0 Å². The van der Waals surface area contributed by atoms with Crippen molar-refractivity contribution in [3.63, 3.8) is 0 Å². The van der Waals surface area contributed by atoms with E-state index in [1.807, 2.05) is 11.3 Å². The Balaban J connectivity index is 2.46. The van der Waals surface area contributed by atoms with Gasteiger partial charge in [-0.05, 0) is 45.2 Å². The number of hydrogen-bond donors (Lipinski definition) is 1. The molecule has 1 N–H and O–H groups in total. The molecule has 0 amide bonds. The van der Waals surface area contributed by atoms with Gasteiger partial charge in [0.15, 0.2) is 0 Å². The molecule has 1 atom stereocenters. The van der Waals surface area contributed by atoms with Crippen LogP contribution >= 0.6 is 11.3 Å². The SMILES string of the molecule is CCCC(CNCC(C)C)Cc1nc(C)c(C)s1. The fraction of sp³-hybridized carbons (Fsp3) is 0.800. The summed E-state index contributed by atoms with van der Waals surface area (Å²) in [7, 11) is 0. The lowest BCUT2D eigenvalue weighted by molar-refractivity contribution is 0.420. The van der Waals surface area contributed by atoms with Gasteiger partial charge < -0.3 is 5.32 Å². The van der Waals surface area contributed by atoms with Gasteiger partial charge in [0.05, 0.1) is 10.7 Å². The van der Waals surface area contributed by atoms with E-state index in [0.29, 0.717) is 0 Å². The molecule has 0 aliphatic carbocycles. The minimum atomic E-state index is 0.733. The Labute approximate surface area is 116 Å². The zero-order valence-corrected chi connectivity index (χ0v) is 13.4. The highest BCUT2D eigenvalue weighted by molar-refractivity contribution is 7.11. The Morgan fingerprint density at radius 1 is 1.22 bits per heavy atom. The molecule has 104 valence electrons. The van der Waals surface area contributed by atoms with Crippen LogP contribution in [0.5, 0.6) is 0 Å². The van der Waals surface area contributed by atoms with Crippen molar-refractivity contribution in [1.82, 2.24) is 10.3 Å². The van der Waals surface area contributed by atoms with Gasteiger partial charge in [0.25, 0.3) is 0 Å². The van der Waals surface area contributed by atoms with Crippen molar-refractivity contribution in [2.75, 3.05) is 13.1 Å². The summed E-state index contributed by atoms with van der Waals surface area (Å²) in [6.07, 6.45) is 3.69. The zero-order chi connectivity index (χ0) is 13.5. The highest BCUT2D eigenvalue weighted by Gasteiger charge is 2.12. The lowest BCUT2D eigenvalue weighted by Crippen LogP contribution is -2.27. The molecule has 2 nitrogen and oxygen atoms in total. The first-order valence-electron chi connectivity index (χ1n) is 7.16. The summed E-state index contributed by atoms with van der Waals surface area (Å²) in [5.41, 5.74) is 1.21. The number of aryl methyl sites for hydroxylation is 2. The third-order valence-corrected chi connectivity index (χ3v) is 4.31. The average Bonchev–Trinajstić information content (AvgIpc) is 2.57. The second-order valence-corrected chi connectivity index (χ2v) is 6.95. The normalized spacial score (nSPS) is 13.2. The Kier molecular flexibility index (Phi) is 6.87. The molecular weight excluding hydrogens is 240 g/mol. The number of aromatic nitrogens is 1. The molecule has 18 heavy (non-hydrogen) atoms. The van der Waals surface area contributed by atoms with Crippen molar-refractivity contribution in [3.8, 4) is 0 Å². The summed E-state index contributed by atoms with van der Waals surface area (Å²) in [5, 5.41) is 4.90. The third-order valence-electron chi connectivity index (χ3n) is 3.22. The van der Waals surface area contributed by atoms with E-state index in [2.05, 4.69) is 44.9 Å². The number of rotatable bonds is 8. The van der Waals surface area contributed by atoms with E-state index in [9.17, 15) is 0 Å². The minimum absolute atomic E-state index is 0.733. The van der Waals surface area contributed by atoms with Gasteiger partial charge in [0.1, 0.15) is 0 Å². The molecule has 0 radical (unpaired) electrons. The molecule has 0 saturated carbocycles. The van der Waals surface area contributed by atoms with Crippen molar-refractivity contribution < 1.29 is 0 Å². The maximum absolute atomic E-state index is 4.67. The van der Waals surface area contributed by atoms with Gasteiger partial charge in [-0.15, -0.1) is 11.3 Å². The molecule has 0 saturated heterocycles. The second-order valence-electron chi connectivity index (χ2n) is 5.66. The predicted molar refractivity (Wildman–Crippen MR) is 81.4 cm³/mol. The summed E-state index contributed by atoms with van der Waals surface area (Å²) in [6, 6.07) is 0. The van der Waals surface area contributed by atoms with Crippen molar-refractivity contribution in [2.24, 2.45) is 11.8 Å². The van der Waals surface area contributed by atoms with Gasteiger partial charge in [-0.2, -0.15) is 0 Å². The van der Waals surface area contributed by atoms with Crippen LogP contribution in [-0.2, 0) is 6.42 Å². The van der Waals surface area contributed by atoms with Crippen molar-refractivity contribution >= 4 is 11.3 Å². The molecule has 0 aliphatic heterocycles. The highest BCUT2D eigenvalue weighted by atomic mass is 32.1. The van der Waals surface area contributed by atoms with E-state index in [1.54, 1.807) is 0 Å². The highest BCUT2D eigenvalue weighted by Crippen LogP contribution is 2.21. The maximum atomic E-state index is 4.67. The Bertz CT molecular complexity index is 325. The topological polar surface area (TPSA) is 24.9 Å². The molecule has 1 aromatic rings. The molecule has 1 rings (SSSR count). The maximum Gasteiger partial charge on any atom is 0.0934 e. The number of thiazole rings is 1. The standard InChI is InChI=1S/C15H28N2S/c1-6-7-14(10-16-9-11(2)3)8-15-17-12(4)13(5)18-15/h11,14,16H,6-10H2,1-5H3. The summed E-state index contributed by atoms with van der Waals surface area (Å²) in [6.45, 7) is 13.3. The van der Waals surface area contributed by atoms with Crippen LogP contribution in [0.2, 0.25) is 0 Å². The van der Waals surface area contributed by atoms with Gasteiger partial charge in [-0.1, -0.05) is 27.2 Å². The van der Waals surface area contributed by atoms with Crippen molar-refractivity contribution in [3.05, 3.63) is 15.6 Å². The zero-order valence-electron chi connectivity index (χ0n) is 12.5. The van der Waals surface area contributed by atoms with Crippen LogP contribution < -0.4 is 5.32 Å². The van der Waals surface area contributed by atoms with E-state index < -0.39 is 0 Å². The van der Waals surface area contributed by atoms with Crippen LogP contribution in [0.1, 0.15) is 49.2 Å². The number of nitrogens with one attached hydrogen (secondary N) is 1. The second kappa shape index (κ2) is 7.90. The first-order valence-corrected chi connectivity index (χ1v) is 7.98. The van der Waals surface area contributed by atoms with Crippen LogP contribution in [0, 0.1) is 25.7 Å². The van der Waals surface area contributed by atoms with Gasteiger partial charge in [-0.25, -0.2) is 4.98 Å². The van der Waals surface area contributed by atoms with Gasteiger partial charge in [0, 0.05) is 11.3 Å². The lowest BCUT2D eigenvalue weighted by Gasteiger charge is -2.16. The molecule has 0 fully saturated rings. The van der Waals surface area contributed by atoms with Crippen LogP contribution in [0.3, 0.4) is 0 Å². The first-order chi connectivity index (χ1) is 8.52. The summed E-state index contributed by atoms with van der Waals surface area (Å²) < 4.78 is 0. The average molecular weight is 268 g/mol. The van der Waals surface area contributed by atoms with Crippen molar-refractivity contribution in [1.29, 1.82) is 0 Å². The van der Waals surface area contributed by atoms with Crippen LogP contribution in [0.4, 0.5) is 0 Å². The van der Waals surface area contributed by atoms with Gasteiger partial charge >= 0.3 is 0 Å². The van der Waals surface area contributed by atoms with Gasteiger partial charge in [-0.3, -0.25) is 0 Å². The quantitative estimate of drug-likeness (QED) is 0.772. The van der Waals surface area contributed by atoms with Crippen LogP contribution in [-0.4, -0.2) is 18.1 Å². The fourth-order valence-electron chi connectivity index (χ4n) is 2.13. The van der Waals surface area contributed by atoms with E-state index in [1.165, 1.54) is 28.4 Å². The molecule has 0 aliphatic rings. The Hall–Kier alpha value is -0.410. The molecule has 1 unspecified atom stereocenters.